The number of amides is 2. The zero-order chi connectivity index (χ0) is 17.8. The van der Waals surface area contributed by atoms with Crippen LogP contribution in [0.5, 0.6) is 0 Å². The fraction of sp³-hybridized carbons (Fsp3) is 0.556. The number of carbonyl (C=O) groups is 2. The number of carbonyl (C=O) groups excluding carboxylic acids is 2. The number of benzene rings is 1. The van der Waals surface area contributed by atoms with Crippen LogP contribution in [-0.2, 0) is 9.59 Å². The molecule has 2 heterocycles. The molecular weight excluding hydrogens is 375 g/mol. The summed E-state index contributed by atoms with van der Waals surface area (Å²) in [5, 5.41) is 3.84. The first kappa shape index (κ1) is 21.0. The Kier molecular flexibility index (Phi) is 7.70. The first-order valence-corrected chi connectivity index (χ1v) is 9.20. The molecule has 1 atom stereocenters. The van der Waals surface area contributed by atoms with E-state index in [0.717, 1.165) is 38.3 Å². The van der Waals surface area contributed by atoms with Crippen molar-refractivity contribution >= 4 is 41.5 Å². The Morgan fingerprint density at radius 1 is 1.27 bits per heavy atom. The Bertz CT molecular complexity index is 637. The minimum atomic E-state index is -0.188. The van der Waals surface area contributed by atoms with Gasteiger partial charge in [0.1, 0.15) is 0 Å². The van der Waals surface area contributed by atoms with Crippen molar-refractivity contribution in [1.82, 2.24) is 15.1 Å². The Balaban J connectivity index is 0.00000243. The highest BCUT2D eigenvalue weighted by Gasteiger charge is 2.36. The monoisotopic (exact) mass is 400 g/mol. The maximum absolute atomic E-state index is 12.8. The SMILES string of the molecule is CN(CCC(=O)N1CCNCC1)C1CCN(c2ccccc2Cl)C1=O.Cl. The number of piperazine rings is 1. The lowest BCUT2D eigenvalue weighted by Crippen LogP contribution is -2.47. The van der Waals surface area contributed by atoms with Crippen LogP contribution in [0.2, 0.25) is 5.02 Å². The molecule has 0 aromatic heterocycles. The number of halogens is 2. The third kappa shape index (κ3) is 4.68. The Morgan fingerprint density at radius 2 is 1.96 bits per heavy atom. The van der Waals surface area contributed by atoms with Gasteiger partial charge in [-0.3, -0.25) is 14.5 Å². The van der Waals surface area contributed by atoms with Gasteiger partial charge in [0.2, 0.25) is 11.8 Å². The number of rotatable bonds is 5. The van der Waals surface area contributed by atoms with Crippen molar-refractivity contribution in [3.05, 3.63) is 29.3 Å². The molecule has 2 amide bonds. The molecule has 2 fully saturated rings. The van der Waals surface area contributed by atoms with Gasteiger partial charge < -0.3 is 15.1 Å². The summed E-state index contributed by atoms with van der Waals surface area (Å²) in [7, 11) is 1.92. The third-order valence-electron chi connectivity index (χ3n) is 5.00. The molecule has 8 heteroatoms. The van der Waals surface area contributed by atoms with Gasteiger partial charge in [0, 0.05) is 45.7 Å². The van der Waals surface area contributed by atoms with Crippen LogP contribution >= 0.6 is 24.0 Å². The molecule has 1 aromatic rings. The normalized spacial score (nSPS) is 20.4. The number of para-hydroxylation sites is 1. The van der Waals surface area contributed by atoms with Gasteiger partial charge in [-0.15, -0.1) is 12.4 Å². The standard InChI is InChI=1S/C18H25ClN4O2.ClH/c1-21(10-7-17(24)22-12-8-20-9-13-22)16-6-11-23(18(16)25)15-5-3-2-4-14(15)19;/h2-5,16,20H,6-13H2,1H3;1H. The van der Waals surface area contributed by atoms with Crippen LogP contribution in [0.4, 0.5) is 5.69 Å². The zero-order valence-electron chi connectivity index (χ0n) is 15.0. The molecule has 0 saturated carbocycles. The molecule has 26 heavy (non-hydrogen) atoms. The molecule has 1 unspecified atom stereocenters. The molecule has 144 valence electrons. The van der Waals surface area contributed by atoms with E-state index in [1.54, 1.807) is 11.0 Å². The van der Waals surface area contributed by atoms with Gasteiger partial charge in [0.05, 0.1) is 16.8 Å². The fourth-order valence-corrected chi connectivity index (χ4v) is 3.72. The molecule has 0 aliphatic carbocycles. The highest BCUT2D eigenvalue weighted by atomic mass is 35.5. The zero-order valence-corrected chi connectivity index (χ0v) is 16.6. The van der Waals surface area contributed by atoms with Gasteiger partial charge in [-0.1, -0.05) is 23.7 Å². The van der Waals surface area contributed by atoms with E-state index < -0.39 is 0 Å². The minimum absolute atomic E-state index is 0. The summed E-state index contributed by atoms with van der Waals surface area (Å²) in [6, 6.07) is 7.23. The van der Waals surface area contributed by atoms with Gasteiger partial charge in [0.15, 0.2) is 0 Å². The second kappa shape index (κ2) is 9.55. The van der Waals surface area contributed by atoms with E-state index in [2.05, 4.69) is 5.32 Å². The minimum Gasteiger partial charge on any atom is -0.340 e. The molecule has 3 rings (SSSR count). The van der Waals surface area contributed by atoms with Crippen LogP contribution < -0.4 is 10.2 Å². The van der Waals surface area contributed by atoms with Gasteiger partial charge in [-0.25, -0.2) is 0 Å². The van der Waals surface area contributed by atoms with Gasteiger partial charge in [-0.05, 0) is 25.6 Å². The molecule has 1 N–H and O–H groups in total. The summed E-state index contributed by atoms with van der Waals surface area (Å²) in [6.07, 6.45) is 1.20. The van der Waals surface area contributed by atoms with Crippen LogP contribution in [-0.4, -0.2) is 74.0 Å². The summed E-state index contributed by atoms with van der Waals surface area (Å²) in [5.74, 6) is 0.229. The fourth-order valence-electron chi connectivity index (χ4n) is 3.48. The van der Waals surface area contributed by atoms with Crippen molar-refractivity contribution in [1.29, 1.82) is 0 Å². The molecule has 0 spiro atoms. The van der Waals surface area contributed by atoms with Crippen LogP contribution in [0, 0.1) is 0 Å². The van der Waals surface area contributed by atoms with Gasteiger partial charge in [-0.2, -0.15) is 0 Å². The number of hydrogen-bond donors (Lipinski definition) is 1. The smallest absolute Gasteiger partial charge is 0.244 e. The predicted octanol–water partition coefficient (Wildman–Crippen LogP) is 1.62. The summed E-state index contributed by atoms with van der Waals surface area (Å²) in [4.78, 5) is 30.7. The lowest BCUT2D eigenvalue weighted by molar-refractivity contribution is -0.132. The van der Waals surface area contributed by atoms with Crippen molar-refractivity contribution in [2.75, 3.05) is 51.2 Å². The Labute approximate surface area is 165 Å². The van der Waals surface area contributed by atoms with E-state index in [1.165, 1.54) is 0 Å². The van der Waals surface area contributed by atoms with E-state index in [-0.39, 0.29) is 30.3 Å². The first-order chi connectivity index (χ1) is 12.1. The van der Waals surface area contributed by atoms with Crippen molar-refractivity contribution < 1.29 is 9.59 Å². The van der Waals surface area contributed by atoms with E-state index in [4.69, 9.17) is 11.6 Å². The molecule has 6 nitrogen and oxygen atoms in total. The van der Waals surface area contributed by atoms with Crippen LogP contribution in [0.15, 0.2) is 24.3 Å². The lowest BCUT2D eigenvalue weighted by Gasteiger charge is -2.29. The topological polar surface area (TPSA) is 55.9 Å². The van der Waals surface area contributed by atoms with Gasteiger partial charge >= 0.3 is 0 Å². The molecule has 2 saturated heterocycles. The van der Waals surface area contributed by atoms with E-state index in [0.29, 0.717) is 24.5 Å². The Hall–Kier alpha value is -1.34. The second-order valence-corrected chi connectivity index (χ2v) is 7.01. The highest BCUT2D eigenvalue weighted by molar-refractivity contribution is 6.33. The predicted molar refractivity (Wildman–Crippen MR) is 106 cm³/mol. The van der Waals surface area contributed by atoms with Crippen LogP contribution in [0.25, 0.3) is 0 Å². The number of anilines is 1. The van der Waals surface area contributed by atoms with Gasteiger partial charge in [0.25, 0.3) is 0 Å². The molecule has 0 bridgehead atoms. The van der Waals surface area contributed by atoms with Crippen LogP contribution in [0.1, 0.15) is 12.8 Å². The summed E-state index contributed by atoms with van der Waals surface area (Å²) >= 11 is 6.22. The first-order valence-electron chi connectivity index (χ1n) is 8.82. The third-order valence-corrected chi connectivity index (χ3v) is 5.32. The number of hydrogen-bond acceptors (Lipinski definition) is 4. The average Bonchev–Trinajstić information content (AvgIpc) is 3.02. The van der Waals surface area contributed by atoms with E-state index >= 15 is 0 Å². The lowest BCUT2D eigenvalue weighted by atomic mass is 10.2. The van der Waals surface area contributed by atoms with E-state index in [1.807, 2.05) is 35.0 Å². The van der Waals surface area contributed by atoms with Crippen LogP contribution in [0.3, 0.4) is 0 Å². The van der Waals surface area contributed by atoms with E-state index in [9.17, 15) is 9.59 Å². The van der Waals surface area contributed by atoms with Crippen molar-refractivity contribution in [3.8, 4) is 0 Å². The number of likely N-dealkylation sites (N-methyl/N-ethyl adjacent to an activating group) is 1. The second-order valence-electron chi connectivity index (χ2n) is 6.61. The number of nitrogens with zero attached hydrogens (tertiary/aromatic N) is 3. The molecule has 2 aliphatic heterocycles. The average molecular weight is 401 g/mol. The Morgan fingerprint density at radius 3 is 2.65 bits per heavy atom. The highest BCUT2D eigenvalue weighted by Crippen LogP contribution is 2.30. The summed E-state index contributed by atoms with van der Waals surface area (Å²) < 4.78 is 0. The maximum Gasteiger partial charge on any atom is 0.244 e. The summed E-state index contributed by atoms with van der Waals surface area (Å²) in [5.41, 5.74) is 0.766. The molecule has 0 radical (unpaired) electrons. The van der Waals surface area contributed by atoms with Crippen molar-refractivity contribution in [3.63, 3.8) is 0 Å². The largest absolute Gasteiger partial charge is 0.340 e. The maximum atomic E-state index is 12.8. The molecule has 2 aliphatic rings. The summed E-state index contributed by atoms with van der Waals surface area (Å²) in [6.45, 7) is 4.50. The van der Waals surface area contributed by atoms with Crippen molar-refractivity contribution in [2.45, 2.75) is 18.9 Å². The quantitative estimate of drug-likeness (QED) is 0.815. The number of nitrogens with one attached hydrogen (secondary N) is 1. The molecular formula is C18H26Cl2N4O2. The van der Waals surface area contributed by atoms with Crippen molar-refractivity contribution in [2.24, 2.45) is 0 Å². The molecule has 1 aromatic carbocycles.